The number of likely N-dealkylation sites (tertiary alicyclic amines) is 1. The Hall–Kier alpha value is -1.63. The minimum atomic E-state index is -0.804. The van der Waals surface area contributed by atoms with Gasteiger partial charge in [0.1, 0.15) is 0 Å². The minimum absolute atomic E-state index is 0.00750. The van der Waals surface area contributed by atoms with Crippen molar-refractivity contribution in [3.8, 4) is 0 Å². The first-order chi connectivity index (χ1) is 8.04. The molecule has 0 aromatic heterocycles. The van der Waals surface area contributed by atoms with Crippen LogP contribution in [0, 0.1) is 10.8 Å². The Morgan fingerprint density at radius 2 is 1.76 bits per heavy atom. The van der Waals surface area contributed by atoms with Crippen LogP contribution in [0.25, 0.3) is 0 Å². The van der Waals surface area contributed by atoms with Crippen molar-refractivity contribution in [1.82, 2.24) is 4.90 Å². The number of hydrogen-bond donors (Lipinski definition) is 1. The van der Waals surface area contributed by atoms with E-state index in [4.69, 9.17) is 0 Å². The molecule has 1 aliphatic rings. The fraction of sp³-hybridized carbons (Fsp3) is 0.700. The van der Waals surface area contributed by atoms with E-state index in [1.165, 1.54) is 0 Å². The number of hydrogen-bond acceptors (Lipinski definition) is 4. The molecule has 7 nitrogen and oxygen atoms in total. The van der Waals surface area contributed by atoms with E-state index in [1.54, 1.807) is 4.90 Å². The molecule has 0 bridgehead atoms. The maximum Gasteiger partial charge on any atom is 0.312 e. The van der Waals surface area contributed by atoms with Crippen molar-refractivity contribution in [2.75, 3.05) is 13.1 Å². The molecule has 1 fully saturated rings. The fourth-order valence-corrected chi connectivity index (χ4v) is 1.87. The second kappa shape index (κ2) is 6.19. The lowest BCUT2D eigenvalue weighted by molar-refractivity contribution is -0.312. The second-order valence-corrected chi connectivity index (χ2v) is 4.11. The lowest BCUT2D eigenvalue weighted by Crippen LogP contribution is -2.61. The Balaban J connectivity index is 2.33. The van der Waals surface area contributed by atoms with Gasteiger partial charge in [0, 0.05) is 31.1 Å². The largest absolute Gasteiger partial charge is 0.343 e. The van der Waals surface area contributed by atoms with Gasteiger partial charge in [-0.05, 0) is 12.8 Å². The van der Waals surface area contributed by atoms with Gasteiger partial charge in [0.05, 0.1) is 5.92 Å². The smallest absolute Gasteiger partial charge is 0.312 e. The third kappa shape index (κ3) is 4.03. The van der Waals surface area contributed by atoms with Crippen LogP contribution in [0.3, 0.4) is 0 Å². The van der Waals surface area contributed by atoms with Crippen molar-refractivity contribution in [3.05, 3.63) is 4.91 Å². The van der Waals surface area contributed by atoms with Gasteiger partial charge in [-0.2, -0.15) is 0 Å². The summed E-state index contributed by atoms with van der Waals surface area (Å²) < 4.78 is 0. The van der Waals surface area contributed by atoms with Crippen LogP contribution in [0.4, 0.5) is 0 Å². The molecule has 3 N–H and O–H groups in total. The van der Waals surface area contributed by atoms with Gasteiger partial charge in [-0.25, -0.2) is 4.79 Å². The zero-order valence-electron chi connectivity index (χ0n) is 9.55. The van der Waals surface area contributed by atoms with Crippen molar-refractivity contribution < 1.29 is 20.1 Å². The Bertz CT molecular complexity index is 334. The molecule has 0 aliphatic carbocycles. The summed E-state index contributed by atoms with van der Waals surface area (Å²) in [6.45, 7) is 1.01. The Labute approximate surface area is 98.3 Å². The van der Waals surface area contributed by atoms with Crippen LogP contribution in [0.5, 0.6) is 0 Å². The number of carbonyl (C=O) groups is 3. The molecule has 0 saturated carbocycles. The highest BCUT2D eigenvalue weighted by Crippen LogP contribution is 2.17. The molecule has 0 radical (unpaired) electrons. The quantitative estimate of drug-likeness (QED) is 0.641. The standard InChI is InChI=1S/C10H15N3O4/c11-10(16)7-3-5-13(6-4-7)9(15)2-1-8(14)12-17/h7H,1-6H2,(H2,11,16)/p+1. The molecule has 0 atom stereocenters. The third-order valence-electron chi connectivity index (χ3n) is 2.96. The lowest BCUT2D eigenvalue weighted by Gasteiger charge is -2.29. The predicted molar refractivity (Wildman–Crippen MR) is 57.2 cm³/mol. The molecule has 3 amide bonds. The first-order valence-electron chi connectivity index (χ1n) is 5.54. The zero-order valence-corrected chi connectivity index (χ0v) is 9.55. The second-order valence-electron chi connectivity index (χ2n) is 4.11. The monoisotopic (exact) mass is 242 g/mol. The minimum Gasteiger partial charge on any atom is -0.343 e. The highest BCUT2D eigenvalue weighted by molar-refractivity contribution is 5.84. The van der Waals surface area contributed by atoms with E-state index < -0.39 is 5.91 Å². The molecule has 1 saturated heterocycles. The molecular formula is C10H16N3O4+. The van der Waals surface area contributed by atoms with Gasteiger partial charge >= 0.3 is 5.91 Å². The molecule has 0 aromatic carbocycles. The molecule has 0 unspecified atom stereocenters. The Morgan fingerprint density at radius 1 is 1.18 bits per heavy atom. The molecular weight excluding hydrogens is 226 g/mol. The normalized spacial score (nSPS) is 16.6. The number of carbonyl (C=O) groups excluding carboxylic acids is 3. The number of amides is 3. The first kappa shape index (κ1) is 13.4. The van der Waals surface area contributed by atoms with Gasteiger partial charge < -0.3 is 4.90 Å². The molecule has 0 aromatic rings. The van der Waals surface area contributed by atoms with E-state index in [2.05, 4.69) is 10.9 Å². The molecule has 17 heavy (non-hydrogen) atoms. The molecule has 1 heterocycles. The average Bonchev–Trinajstić information content (AvgIpc) is 2.35. The SMILES string of the molecule is [NH3+]C(=O)C1CCN(C(=O)CCC(=O)N=O)CC1. The van der Waals surface area contributed by atoms with E-state index in [1.807, 2.05) is 0 Å². The summed E-state index contributed by atoms with van der Waals surface area (Å²) in [6, 6.07) is 0. The topological polar surface area (TPSA) is 112 Å². The summed E-state index contributed by atoms with van der Waals surface area (Å²) in [7, 11) is 0. The van der Waals surface area contributed by atoms with Crippen LogP contribution in [0.2, 0.25) is 0 Å². The highest BCUT2D eigenvalue weighted by Gasteiger charge is 2.27. The maximum atomic E-state index is 11.6. The Kier molecular flexibility index (Phi) is 4.89. The van der Waals surface area contributed by atoms with Crippen LogP contribution in [0.1, 0.15) is 25.7 Å². The van der Waals surface area contributed by atoms with Crippen molar-refractivity contribution >= 4 is 17.7 Å². The van der Waals surface area contributed by atoms with Crippen molar-refractivity contribution in [3.63, 3.8) is 0 Å². The van der Waals surface area contributed by atoms with Crippen LogP contribution >= 0.6 is 0 Å². The van der Waals surface area contributed by atoms with Crippen molar-refractivity contribution in [1.29, 1.82) is 0 Å². The van der Waals surface area contributed by atoms with Gasteiger partial charge in [-0.1, -0.05) is 0 Å². The van der Waals surface area contributed by atoms with E-state index >= 15 is 0 Å². The predicted octanol–water partition coefficient (Wildman–Crippen LogP) is -0.933. The van der Waals surface area contributed by atoms with Gasteiger partial charge in [0.15, 0.2) is 0 Å². The van der Waals surface area contributed by atoms with Crippen LogP contribution in [0.15, 0.2) is 5.18 Å². The van der Waals surface area contributed by atoms with Crippen molar-refractivity contribution in [2.45, 2.75) is 25.7 Å². The molecule has 1 aliphatic heterocycles. The zero-order chi connectivity index (χ0) is 12.8. The summed E-state index contributed by atoms with van der Waals surface area (Å²) in [5.41, 5.74) is 3.37. The maximum absolute atomic E-state index is 11.6. The van der Waals surface area contributed by atoms with Crippen LogP contribution in [-0.4, -0.2) is 35.7 Å². The molecule has 0 spiro atoms. The first-order valence-corrected chi connectivity index (χ1v) is 5.54. The van der Waals surface area contributed by atoms with E-state index in [9.17, 15) is 19.3 Å². The van der Waals surface area contributed by atoms with Gasteiger partial charge in [0.2, 0.25) is 5.91 Å². The molecule has 7 heteroatoms. The third-order valence-corrected chi connectivity index (χ3v) is 2.96. The van der Waals surface area contributed by atoms with Crippen LogP contribution in [-0.2, 0) is 14.4 Å². The highest BCUT2D eigenvalue weighted by atomic mass is 16.3. The number of nitrogens with zero attached hydrogens (tertiary/aromatic N) is 2. The summed E-state index contributed by atoms with van der Waals surface area (Å²) in [5.74, 6) is -1.12. The molecule has 94 valence electrons. The van der Waals surface area contributed by atoms with Gasteiger partial charge in [0.25, 0.3) is 5.91 Å². The summed E-state index contributed by atoms with van der Waals surface area (Å²) in [6.07, 6.45) is 1.10. The Morgan fingerprint density at radius 3 is 2.24 bits per heavy atom. The van der Waals surface area contributed by atoms with Gasteiger partial charge in [-0.3, -0.25) is 15.3 Å². The number of rotatable bonds is 4. The van der Waals surface area contributed by atoms with E-state index in [-0.39, 0.29) is 30.6 Å². The van der Waals surface area contributed by atoms with Crippen molar-refractivity contribution in [2.24, 2.45) is 11.1 Å². The number of nitroso groups, excluding NO2 is 1. The fourth-order valence-electron chi connectivity index (χ4n) is 1.87. The van der Waals surface area contributed by atoms with Crippen LogP contribution < -0.4 is 5.73 Å². The average molecular weight is 242 g/mol. The summed E-state index contributed by atoms with van der Waals surface area (Å²) in [4.78, 5) is 44.7. The number of quaternary nitrogens is 1. The number of piperidine rings is 1. The van der Waals surface area contributed by atoms with E-state index in [0.717, 1.165) is 0 Å². The summed E-state index contributed by atoms with van der Waals surface area (Å²) in [5, 5.41) is 2.23. The van der Waals surface area contributed by atoms with Gasteiger partial charge in [-0.15, -0.1) is 4.91 Å². The molecule has 1 rings (SSSR count). The lowest BCUT2D eigenvalue weighted by atomic mass is 9.96. The summed E-state index contributed by atoms with van der Waals surface area (Å²) >= 11 is 0. The van der Waals surface area contributed by atoms with E-state index in [0.29, 0.717) is 25.9 Å².